The molecule has 1 aliphatic heterocycles. The van der Waals surface area contributed by atoms with Gasteiger partial charge in [0.15, 0.2) is 11.6 Å². The van der Waals surface area contributed by atoms with Crippen LogP contribution in [0.3, 0.4) is 0 Å². The maximum atomic E-state index is 14.0. The van der Waals surface area contributed by atoms with E-state index in [0.717, 1.165) is 18.9 Å². The van der Waals surface area contributed by atoms with E-state index in [9.17, 15) is 9.18 Å². The number of hydrogen-bond donors (Lipinski definition) is 1. The molecular formula is C21H20FN5O. The van der Waals surface area contributed by atoms with Crippen LogP contribution in [0.5, 0.6) is 0 Å². The lowest BCUT2D eigenvalue weighted by molar-refractivity contribution is 0.102. The molecule has 0 spiro atoms. The SMILES string of the molecule is O=C(Nc1ccc(N2CCN(c3ccccc3F)CC2)nn1)c1ccccc1. The third-order valence-corrected chi connectivity index (χ3v) is 4.72. The Morgan fingerprint density at radius 2 is 1.50 bits per heavy atom. The average molecular weight is 377 g/mol. The number of aromatic nitrogens is 2. The predicted molar refractivity (Wildman–Crippen MR) is 107 cm³/mol. The molecule has 142 valence electrons. The second-order valence-electron chi connectivity index (χ2n) is 6.52. The van der Waals surface area contributed by atoms with Crippen LogP contribution >= 0.6 is 0 Å². The lowest BCUT2D eigenvalue weighted by Gasteiger charge is -2.36. The van der Waals surface area contributed by atoms with E-state index in [4.69, 9.17) is 0 Å². The zero-order chi connectivity index (χ0) is 19.3. The molecule has 0 bridgehead atoms. The number of anilines is 3. The molecule has 28 heavy (non-hydrogen) atoms. The van der Waals surface area contributed by atoms with Crippen molar-refractivity contribution in [1.29, 1.82) is 0 Å². The lowest BCUT2D eigenvalue weighted by Crippen LogP contribution is -2.47. The van der Waals surface area contributed by atoms with Crippen LogP contribution in [0.1, 0.15) is 10.4 Å². The molecule has 1 aromatic heterocycles. The van der Waals surface area contributed by atoms with Gasteiger partial charge in [0, 0.05) is 31.7 Å². The van der Waals surface area contributed by atoms with Gasteiger partial charge >= 0.3 is 0 Å². The van der Waals surface area contributed by atoms with Crippen molar-refractivity contribution in [2.45, 2.75) is 0 Å². The average Bonchev–Trinajstić information content (AvgIpc) is 2.75. The molecule has 0 atom stereocenters. The van der Waals surface area contributed by atoms with Gasteiger partial charge in [0.1, 0.15) is 5.82 Å². The third kappa shape index (κ3) is 3.93. The Morgan fingerprint density at radius 1 is 0.821 bits per heavy atom. The number of para-hydroxylation sites is 1. The number of carbonyl (C=O) groups excluding carboxylic acids is 1. The van der Waals surface area contributed by atoms with Crippen LogP contribution < -0.4 is 15.1 Å². The molecule has 4 rings (SSSR count). The molecule has 6 nitrogen and oxygen atoms in total. The zero-order valence-corrected chi connectivity index (χ0v) is 15.3. The standard InChI is InChI=1S/C21H20FN5O/c22-17-8-4-5-9-18(17)26-12-14-27(15-13-26)20-11-10-19(24-25-20)23-21(28)16-6-2-1-3-7-16/h1-11H,12-15H2,(H,23,24,28). The van der Waals surface area contributed by atoms with E-state index in [1.807, 2.05) is 35.2 Å². The van der Waals surface area contributed by atoms with Crippen molar-refractivity contribution in [3.8, 4) is 0 Å². The van der Waals surface area contributed by atoms with Crippen LogP contribution in [0, 0.1) is 5.82 Å². The predicted octanol–water partition coefficient (Wildman–Crippen LogP) is 3.19. The number of piperazine rings is 1. The van der Waals surface area contributed by atoms with Crippen LogP contribution in [0.25, 0.3) is 0 Å². The fraction of sp³-hybridized carbons (Fsp3) is 0.190. The summed E-state index contributed by atoms with van der Waals surface area (Å²) in [4.78, 5) is 16.3. The Kier molecular flexibility index (Phi) is 5.14. The molecule has 0 aliphatic carbocycles. The summed E-state index contributed by atoms with van der Waals surface area (Å²) >= 11 is 0. The van der Waals surface area contributed by atoms with Crippen molar-refractivity contribution < 1.29 is 9.18 Å². The van der Waals surface area contributed by atoms with Crippen LogP contribution in [0.15, 0.2) is 66.7 Å². The summed E-state index contributed by atoms with van der Waals surface area (Å²) in [5, 5.41) is 11.1. The fourth-order valence-corrected chi connectivity index (χ4v) is 3.22. The molecule has 0 saturated carbocycles. The molecule has 3 aromatic rings. The van der Waals surface area contributed by atoms with Crippen molar-refractivity contribution in [3.63, 3.8) is 0 Å². The first-order valence-electron chi connectivity index (χ1n) is 9.15. The maximum absolute atomic E-state index is 14.0. The summed E-state index contributed by atoms with van der Waals surface area (Å²) in [7, 11) is 0. The van der Waals surface area contributed by atoms with Crippen molar-refractivity contribution >= 4 is 23.2 Å². The van der Waals surface area contributed by atoms with Gasteiger partial charge < -0.3 is 15.1 Å². The first kappa shape index (κ1) is 17.9. The van der Waals surface area contributed by atoms with Gasteiger partial charge in [0.2, 0.25) is 0 Å². The molecular weight excluding hydrogens is 357 g/mol. The first-order valence-corrected chi connectivity index (χ1v) is 9.15. The zero-order valence-electron chi connectivity index (χ0n) is 15.3. The first-order chi connectivity index (χ1) is 13.7. The van der Waals surface area contributed by atoms with Gasteiger partial charge in [-0.3, -0.25) is 4.79 Å². The minimum atomic E-state index is -0.221. The normalized spacial score (nSPS) is 14.0. The van der Waals surface area contributed by atoms with Crippen molar-refractivity contribution in [2.75, 3.05) is 41.3 Å². The summed E-state index contributed by atoms with van der Waals surface area (Å²) in [6.07, 6.45) is 0. The molecule has 7 heteroatoms. The monoisotopic (exact) mass is 377 g/mol. The van der Waals surface area contributed by atoms with Crippen LogP contribution in [0.2, 0.25) is 0 Å². The fourth-order valence-electron chi connectivity index (χ4n) is 3.22. The highest BCUT2D eigenvalue weighted by Crippen LogP contribution is 2.22. The molecule has 0 unspecified atom stereocenters. The number of carbonyl (C=O) groups is 1. The lowest BCUT2D eigenvalue weighted by atomic mass is 10.2. The second-order valence-corrected chi connectivity index (χ2v) is 6.52. The van der Waals surface area contributed by atoms with E-state index in [2.05, 4.69) is 20.4 Å². The Morgan fingerprint density at radius 3 is 2.18 bits per heavy atom. The topological polar surface area (TPSA) is 61.4 Å². The van der Waals surface area contributed by atoms with Crippen LogP contribution in [-0.2, 0) is 0 Å². The Balaban J connectivity index is 1.36. The van der Waals surface area contributed by atoms with Gasteiger partial charge in [-0.2, -0.15) is 0 Å². The second kappa shape index (κ2) is 8.04. The van der Waals surface area contributed by atoms with Crippen molar-refractivity contribution in [3.05, 3.63) is 78.1 Å². The Labute approximate surface area is 162 Å². The molecule has 0 radical (unpaired) electrons. The largest absolute Gasteiger partial charge is 0.366 e. The van der Waals surface area contributed by atoms with E-state index in [-0.39, 0.29) is 11.7 Å². The highest BCUT2D eigenvalue weighted by Gasteiger charge is 2.20. The maximum Gasteiger partial charge on any atom is 0.256 e. The molecule has 1 amide bonds. The minimum absolute atomic E-state index is 0.200. The van der Waals surface area contributed by atoms with Gasteiger partial charge in [0.25, 0.3) is 5.91 Å². The molecule has 2 heterocycles. The molecule has 1 fully saturated rings. The Hall–Kier alpha value is -3.48. The number of hydrogen-bond acceptors (Lipinski definition) is 5. The van der Waals surface area contributed by atoms with E-state index in [0.29, 0.717) is 30.2 Å². The van der Waals surface area contributed by atoms with E-state index >= 15 is 0 Å². The number of rotatable bonds is 4. The number of benzene rings is 2. The van der Waals surface area contributed by atoms with E-state index < -0.39 is 0 Å². The number of amides is 1. The van der Waals surface area contributed by atoms with Crippen LogP contribution in [-0.4, -0.2) is 42.3 Å². The summed E-state index contributed by atoms with van der Waals surface area (Å²) in [6, 6.07) is 19.4. The summed E-state index contributed by atoms with van der Waals surface area (Å²) in [6.45, 7) is 2.85. The number of nitrogens with zero attached hydrogens (tertiary/aromatic N) is 4. The van der Waals surface area contributed by atoms with Gasteiger partial charge in [-0.1, -0.05) is 30.3 Å². The Bertz CT molecular complexity index is 941. The van der Waals surface area contributed by atoms with Gasteiger partial charge in [-0.05, 0) is 36.4 Å². The number of nitrogens with one attached hydrogen (secondary N) is 1. The van der Waals surface area contributed by atoms with Crippen molar-refractivity contribution in [1.82, 2.24) is 10.2 Å². The van der Waals surface area contributed by atoms with Gasteiger partial charge in [-0.15, -0.1) is 10.2 Å². The quantitative estimate of drug-likeness (QED) is 0.757. The smallest absolute Gasteiger partial charge is 0.256 e. The van der Waals surface area contributed by atoms with Crippen LogP contribution in [0.4, 0.5) is 21.7 Å². The highest BCUT2D eigenvalue weighted by atomic mass is 19.1. The van der Waals surface area contributed by atoms with E-state index in [1.54, 1.807) is 30.3 Å². The van der Waals surface area contributed by atoms with Crippen molar-refractivity contribution in [2.24, 2.45) is 0 Å². The molecule has 1 aliphatic rings. The summed E-state index contributed by atoms with van der Waals surface area (Å²) in [5.41, 5.74) is 1.20. The molecule has 1 saturated heterocycles. The minimum Gasteiger partial charge on any atom is -0.366 e. The summed E-state index contributed by atoms with van der Waals surface area (Å²) < 4.78 is 14.0. The van der Waals surface area contributed by atoms with Gasteiger partial charge in [0.05, 0.1) is 5.69 Å². The summed E-state index contributed by atoms with van der Waals surface area (Å²) in [5.74, 6) is 0.726. The van der Waals surface area contributed by atoms with E-state index in [1.165, 1.54) is 6.07 Å². The van der Waals surface area contributed by atoms with Gasteiger partial charge in [-0.25, -0.2) is 4.39 Å². The number of halogens is 1. The third-order valence-electron chi connectivity index (χ3n) is 4.72. The molecule has 2 aromatic carbocycles. The highest BCUT2D eigenvalue weighted by molar-refractivity contribution is 6.03. The molecule has 1 N–H and O–H groups in total.